The predicted molar refractivity (Wildman–Crippen MR) is 120 cm³/mol. The van der Waals surface area contributed by atoms with E-state index in [1.165, 1.54) is 9.20 Å². The number of aryl methyl sites for hydroxylation is 1. The molecule has 3 rings (SSSR count). The number of carbonyl (C=O) groups is 1. The average molecular weight is 447 g/mol. The lowest BCUT2D eigenvalue weighted by molar-refractivity contribution is -0.122. The fraction of sp³-hybridized carbons (Fsp3) is 0.333. The molecule has 1 saturated heterocycles. The summed E-state index contributed by atoms with van der Waals surface area (Å²) in [5.74, 6) is -0.221. The molecule has 1 aliphatic heterocycles. The number of sulfonamides is 1. The number of hydrazone groups is 1. The van der Waals surface area contributed by atoms with Crippen LogP contribution in [0.3, 0.4) is 0 Å². The zero-order valence-electron chi connectivity index (χ0n) is 17.1. The van der Waals surface area contributed by atoms with Crippen molar-refractivity contribution in [1.82, 2.24) is 14.6 Å². The first-order chi connectivity index (χ1) is 14.4. The van der Waals surface area contributed by atoms with Gasteiger partial charge in [-0.25, -0.2) is 13.8 Å². The van der Waals surface area contributed by atoms with Crippen LogP contribution in [0.1, 0.15) is 11.1 Å². The minimum Gasteiger partial charge on any atom is -0.292 e. The van der Waals surface area contributed by atoms with Crippen molar-refractivity contribution in [2.45, 2.75) is 16.7 Å². The first-order valence-electron chi connectivity index (χ1n) is 9.63. The van der Waals surface area contributed by atoms with Crippen molar-refractivity contribution in [3.8, 4) is 0 Å². The summed E-state index contributed by atoms with van der Waals surface area (Å²) < 4.78 is 27.0. The zero-order chi connectivity index (χ0) is 21.6. The standard InChI is InChI=1S/C21H26N4O3S2/c1-17-3-9-20(10-4-17)30(27,28)25-13-11-24(12-14-25)16-21(26)23-22-15-18-5-7-19(29-2)8-6-18/h3-10,15H,11-14,16H2,1-2H3,(H,23,26). The highest BCUT2D eigenvalue weighted by Gasteiger charge is 2.28. The van der Waals surface area contributed by atoms with Crippen LogP contribution in [0, 0.1) is 6.92 Å². The van der Waals surface area contributed by atoms with Gasteiger partial charge in [0, 0.05) is 31.1 Å². The van der Waals surface area contributed by atoms with E-state index >= 15 is 0 Å². The van der Waals surface area contributed by atoms with Crippen molar-refractivity contribution in [2.75, 3.05) is 39.0 Å². The summed E-state index contributed by atoms with van der Waals surface area (Å²) in [5.41, 5.74) is 4.45. The van der Waals surface area contributed by atoms with E-state index in [2.05, 4.69) is 10.5 Å². The summed E-state index contributed by atoms with van der Waals surface area (Å²) in [6, 6.07) is 14.7. The summed E-state index contributed by atoms with van der Waals surface area (Å²) in [6.45, 7) is 3.81. The Morgan fingerprint density at radius 2 is 1.70 bits per heavy atom. The third-order valence-corrected chi connectivity index (χ3v) is 7.53. The van der Waals surface area contributed by atoms with E-state index in [1.54, 1.807) is 42.2 Å². The number of carbonyl (C=O) groups excluding carboxylic acids is 1. The van der Waals surface area contributed by atoms with Gasteiger partial charge in [-0.05, 0) is 43.0 Å². The predicted octanol–water partition coefficient (Wildman–Crippen LogP) is 2.17. The lowest BCUT2D eigenvalue weighted by Crippen LogP contribution is -2.50. The van der Waals surface area contributed by atoms with Gasteiger partial charge >= 0.3 is 0 Å². The molecule has 0 radical (unpaired) electrons. The van der Waals surface area contributed by atoms with Gasteiger partial charge in [0.2, 0.25) is 10.0 Å². The normalized spacial score (nSPS) is 16.1. The van der Waals surface area contributed by atoms with Gasteiger partial charge in [0.15, 0.2) is 0 Å². The van der Waals surface area contributed by atoms with Crippen molar-refractivity contribution in [2.24, 2.45) is 5.10 Å². The summed E-state index contributed by atoms with van der Waals surface area (Å²) in [4.78, 5) is 15.5. The molecule has 0 aliphatic carbocycles. The summed E-state index contributed by atoms with van der Waals surface area (Å²) >= 11 is 1.67. The number of benzene rings is 2. The number of hydrogen-bond acceptors (Lipinski definition) is 6. The first kappa shape index (κ1) is 22.5. The first-order valence-corrected chi connectivity index (χ1v) is 12.3. The maximum Gasteiger partial charge on any atom is 0.254 e. The number of nitrogens with zero attached hydrogens (tertiary/aromatic N) is 3. The molecule has 30 heavy (non-hydrogen) atoms. The van der Waals surface area contributed by atoms with Crippen LogP contribution < -0.4 is 5.43 Å². The third kappa shape index (κ3) is 5.91. The molecule has 9 heteroatoms. The van der Waals surface area contributed by atoms with Crippen LogP contribution in [-0.4, -0.2) is 68.7 Å². The van der Waals surface area contributed by atoms with Crippen LogP contribution >= 0.6 is 11.8 Å². The quantitative estimate of drug-likeness (QED) is 0.401. The second-order valence-corrected chi connectivity index (χ2v) is 9.88. The Hall–Kier alpha value is -2.20. The summed E-state index contributed by atoms with van der Waals surface area (Å²) in [6.07, 6.45) is 3.62. The van der Waals surface area contributed by atoms with Crippen LogP contribution in [-0.2, 0) is 14.8 Å². The van der Waals surface area contributed by atoms with Gasteiger partial charge in [0.05, 0.1) is 17.7 Å². The minimum atomic E-state index is -3.50. The van der Waals surface area contributed by atoms with Gasteiger partial charge in [0.1, 0.15) is 0 Å². The van der Waals surface area contributed by atoms with E-state index < -0.39 is 10.0 Å². The number of hydrogen-bond donors (Lipinski definition) is 1. The smallest absolute Gasteiger partial charge is 0.254 e. The SMILES string of the molecule is CSc1ccc(C=NNC(=O)CN2CCN(S(=O)(=O)c3ccc(C)cc3)CC2)cc1. The van der Waals surface area contributed by atoms with Gasteiger partial charge in [-0.1, -0.05) is 29.8 Å². The Bertz CT molecular complexity index is 982. The Morgan fingerprint density at radius 3 is 2.30 bits per heavy atom. The van der Waals surface area contributed by atoms with E-state index in [9.17, 15) is 13.2 Å². The van der Waals surface area contributed by atoms with Crippen molar-refractivity contribution < 1.29 is 13.2 Å². The van der Waals surface area contributed by atoms with E-state index in [4.69, 9.17) is 0 Å². The molecule has 7 nitrogen and oxygen atoms in total. The van der Waals surface area contributed by atoms with Gasteiger partial charge in [-0.3, -0.25) is 9.69 Å². The molecule has 160 valence electrons. The fourth-order valence-electron chi connectivity index (χ4n) is 3.09. The van der Waals surface area contributed by atoms with Crippen molar-refractivity contribution in [3.63, 3.8) is 0 Å². The van der Waals surface area contributed by atoms with E-state index in [0.717, 1.165) is 11.1 Å². The Balaban J connectivity index is 1.46. The van der Waals surface area contributed by atoms with Crippen LogP contribution in [0.5, 0.6) is 0 Å². The number of thioether (sulfide) groups is 1. The Labute approximate surface area is 182 Å². The van der Waals surface area contributed by atoms with Gasteiger partial charge in [0.25, 0.3) is 5.91 Å². The molecule has 2 aromatic rings. The highest BCUT2D eigenvalue weighted by Crippen LogP contribution is 2.18. The van der Waals surface area contributed by atoms with Gasteiger partial charge in [-0.2, -0.15) is 9.41 Å². The van der Waals surface area contributed by atoms with Crippen LogP contribution in [0.4, 0.5) is 0 Å². The molecule has 0 saturated carbocycles. The van der Waals surface area contributed by atoms with E-state index in [-0.39, 0.29) is 12.5 Å². The van der Waals surface area contributed by atoms with Gasteiger partial charge in [-0.15, -0.1) is 11.8 Å². The lowest BCUT2D eigenvalue weighted by Gasteiger charge is -2.33. The number of rotatable bonds is 7. The molecule has 1 heterocycles. The van der Waals surface area contributed by atoms with Crippen molar-refractivity contribution >= 4 is 33.9 Å². The highest BCUT2D eigenvalue weighted by molar-refractivity contribution is 7.98. The van der Waals surface area contributed by atoms with E-state index in [1.807, 2.05) is 42.3 Å². The molecule has 1 amide bonds. The molecular formula is C21H26N4O3S2. The number of piperazine rings is 1. The Kier molecular flexibility index (Phi) is 7.65. The lowest BCUT2D eigenvalue weighted by atomic mass is 10.2. The molecular weight excluding hydrogens is 420 g/mol. The maximum atomic E-state index is 12.8. The van der Waals surface area contributed by atoms with Crippen molar-refractivity contribution in [1.29, 1.82) is 0 Å². The van der Waals surface area contributed by atoms with Crippen LogP contribution in [0.25, 0.3) is 0 Å². The van der Waals surface area contributed by atoms with Crippen LogP contribution in [0.15, 0.2) is 63.4 Å². The summed E-state index contributed by atoms with van der Waals surface area (Å²) in [7, 11) is -3.50. The highest BCUT2D eigenvalue weighted by atomic mass is 32.2. The topological polar surface area (TPSA) is 82.1 Å². The second-order valence-electron chi connectivity index (χ2n) is 7.06. The molecule has 0 bridgehead atoms. The third-order valence-electron chi connectivity index (χ3n) is 4.88. The van der Waals surface area contributed by atoms with Crippen molar-refractivity contribution in [3.05, 3.63) is 59.7 Å². The summed E-state index contributed by atoms with van der Waals surface area (Å²) in [5, 5.41) is 4.00. The molecule has 0 atom stereocenters. The van der Waals surface area contributed by atoms with Crippen LogP contribution in [0.2, 0.25) is 0 Å². The molecule has 1 aliphatic rings. The largest absolute Gasteiger partial charge is 0.292 e. The average Bonchev–Trinajstić information content (AvgIpc) is 2.75. The fourth-order valence-corrected chi connectivity index (χ4v) is 4.92. The molecule has 0 spiro atoms. The number of nitrogens with one attached hydrogen (secondary N) is 1. The molecule has 2 aromatic carbocycles. The van der Waals surface area contributed by atoms with Gasteiger partial charge < -0.3 is 0 Å². The zero-order valence-corrected chi connectivity index (χ0v) is 18.7. The number of amides is 1. The maximum absolute atomic E-state index is 12.8. The Morgan fingerprint density at radius 1 is 1.07 bits per heavy atom. The molecule has 0 unspecified atom stereocenters. The molecule has 1 fully saturated rings. The molecule has 1 N–H and O–H groups in total. The monoisotopic (exact) mass is 446 g/mol. The minimum absolute atomic E-state index is 0.182. The van der Waals surface area contributed by atoms with E-state index in [0.29, 0.717) is 31.1 Å². The second kappa shape index (κ2) is 10.2. The molecule has 0 aromatic heterocycles.